The largest absolute Gasteiger partial charge is 0.495 e. The van der Waals surface area contributed by atoms with Crippen LogP contribution >= 0.6 is 23.2 Å². The average Bonchev–Trinajstić information content (AvgIpc) is 2.61. The minimum absolute atomic E-state index is 0.397. The average molecular weight is 363 g/mol. The Morgan fingerprint density at radius 2 is 1.46 bits per heavy atom. The fourth-order valence-electron chi connectivity index (χ4n) is 2.52. The second-order valence-corrected chi connectivity index (χ2v) is 5.99. The highest BCUT2D eigenvalue weighted by molar-refractivity contribution is 6.41. The van der Waals surface area contributed by atoms with Crippen molar-refractivity contribution >= 4 is 34.0 Å². The monoisotopic (exact) mass is 362 g/mol. The third-order valence-electron chi connectivity index (χ3n) is 3.85. The molecule has 1 aromatic carbocycles. The van der Waals surface area contributed by atoms with E-state index >= 15 is 0 Å². The van der Waals surface area contributed by atoms with Gasteiger partial charge in [0.15, 0.2) is 0 Å². The van der Waals surface area contributed by atoms with Crippen LogP contribution in [0, 0.1) is 0 Å². The predicted molar refractivity (Wildman–Crippen MR) is 97.5 cm³/mol. The molecule has 0 atom stereocenters. The number of hydrogen-bond donors (Lipinski definition) is 0. The molecule has 0 spiro atoms. The van der Waals surface area contributed by atoms with E-state index in [1.807, 2.05) is 18.3 Å². The number of halogens is 2. The van der Waals surface area contributed by atoms with E-state index in [1.165, 1.54) is 0 Å². The third-order valence-corrected chi connectivity index (χ3v) is 4.60. The highest BCUT2D eigenvalue weighted by atomic mass is 35.5. The number of rotatable bonds is 4. The van der Waals surface area contributed by atoms with E-state index in [2.05, 4.69) is 16.9 Å². The van der Waals surface area contributed by atoms with Crippen molar-refractivity contribution in [3.05, 3.63) is 46.3 Å². The van der Waals surface area contributed by atoms with Gasteiger partial charge in [0.25, 0.3) is 0 Å². The molecule has 0 N–H and O–H groups in total. The molecule has 2 aromatic heterocycles. The van der Waals surface area contributed by atoms with Crippen molar-refractivity contribution in [1.82, 2.24) is 9.97 Å². The number of hydrogen-bond acceptors (Lipinski definition) is 4. The number of aryl methyl sites for hydroxylation is 1. The number of fused-ring (bicyclic) bond motifs is 1. The number of nitrogens with zero attached hydrogens (tertiary/aromatic N) is 2. The van der Waals surface area contributed by atoms with Gasteiger partial charge in [-0.1, -0.05) is 30.1 Å². The van der Waals surface area contributed by atoms with Gasteiger partial charge in [0.05, 0.1) is 30.0 Å². The Morgan fingerprint density at radius 1 is 0.875 bits per heavy atom. The van der Waals surface area contributed by atoms with E-state index in [4.69, 9.17) is 32.7 Å². The molecular formula is C18H16Cl2N2O2. The van der Waals surface area contributed by atoms with Crippen LogP contribution < -0.4 is 9.47 Å². The summed E-state index contributed by atoms with van der Waals surface area (Å²) < 4.78 is 10.6. The molecule has 3 rings (SSSR count). The molecule has 0 aliphatic rings. The van der Waals surface area contributed by atoms with E-state index < -0.39 is 0 Å². The summed E-state index contributed by atoms with van der Waals surface area (Å²) in [4.78, 5) is 8.95. The van der Waals surface area contributed by atoms with E-state index in [9.17, 15) is 0 Å². The molecule has 0 aliphatic carbocycles. The molecule has 0 fully saturated rings. The summed E-state index contributed by atoms with van der Waals surface area (Å²) >= 11 is 12.9. The number of pyridine rings is 2. The molecular weight excluding hydrogens is 347 g/mol. The van der Waals surface area contributed by atoms with Crippen LogP contribution in [0.25, 0.3) is 22.0 Å². The topological polar surface area (TPSA) is 44.2 Å². The summed E-state index contributed by atoms with van der Waals surface area (Å²) in [6.45, 7) is 2.07. The first-order chi connectivity index (χ1) is 11.6. The Kier molecular flexibility index (Phi) is 4.78. The zero-order chi connectivity index (χ0) is 17.3. The Labute approximate surface area is 150 Å². The van der Waals surface area contributed by atoms with Gasteiger partial charge in [-0.05, 0) is 18.6 Å². The van der Waals surface area contributed by atoms with E-state index in [1.54, 1.807) is 26.5 Å². The molecule has 0 saturated heterocycles. The standard InChI is InChI=1S/C18H16Cl2N2O2/c1-4-12-5-10-9-22-13(6-11(10)8-21-12)16-17(19)14(23-2)7-15(24-3)18(16)20/h5-9H,4H2,1-3H3. The maximum Gasteiger partial charge on any atom is 0.141 e. The van der Waals surface area contributed by atoms with Crippen molar-refractivity contribution in [2.45, 2.75) is 13.3 Å². The van der Waals surface area contributed by atoms with Crippen molar-refractivity contribution in [3.63, 3.8) is 0 Å². The maximum atomic E-state index is 6.46. The van der Waals surface area contributed by atoms with E-state index in [-0.39, 0.29) is 0 Å². The van der Waals surface area contributed by atoms with Crippen molar-refractivity contribution in [1.29, 1.82) is 0 Å². The third kappa shape index (κ3) is 2.87. The predicted octanol–water partition coefficient (Wildman–Crippen LogP) is 5.18. The fraction of sp³-hybridized carbons (Fsp3) is 0.222. The first-order valence-electron chi connectivity index (χ1n) is 7.44. The smallest absolute Gasteiger partial charge is 0.141 e. The Bertz CT molecular complexity index is 885. The zero-order valence-corrected chi connectivity index (χ0v) is 15.1. The Balaban J connectivity index is 2.23. The summed E-state index contributed by atoms with van der Waals surface area (Å²) in [5.41, 5.74) is 2.24. The lowest BCUT2D eigenvalue weighted by atomic mass is 10.1. The van der Waals surface area contributed by atoms with Gasteiger partial charge in [-0.2, -0.15) is 0 Å². The molecule has 6 heteroatoms. The van der Waals surface area contributed by atoms with E-state index in [0.29, 0.717) is 32.8 Å². The summed E-state index contributed by atoms with van der Waals surface area (Å²) in [5, 5.41) is 2.78. The number of aromatic nitrogens is 2. The van der Waals surface area contributed by atoms with Crippen molar-refractivity contribution in [2.75, 3.05) is 14.2 Å². The van der Waals surface area contributed by atoms with Crippen LogP contribution in [0.3, 0.4) is 0 Å². The second-order valence-electron chi connectivity index (χ2n) is 5.23. The molecule has 0 bridgehead atoms. The summed E-state index contributed by atoms with van der Waals surface area (Å²) in [7, 11) is 3.09. The summed E-state index contributed by atoms with van der Waals surface area (Å²) in [5.74, 6) is 0.962. The maximum absolute atomic E-state index is 6.46. The molecule has 0 aliphatic heterocycles. The minimum Gasteiger partial charge on any atom is -0.495 e. The number of benzene rings is 1. The summed E-state index contributed by atoms with van der Waals surface area (Å²) in [6.07, 6.45) is 4.51. The number of ether oxygens (including phenoxy) is 2. The molecule has 3 aromatic rings. The van der Waals surface area contributed by atoms with Crippen molar-refractivity contribution in [3.8, 4) is 22.8 Å². The van der Waals surface area contributed by atoms with Crippen LogP contribution in [0.15, 0.2) is 30.6 Å². The molecule has 0 saturated carbocycles. The van der Waals surface area contributed by atoms with Crippen LogP contribution in [0.5, 0.6) is 11.5 Å². The Hall–Kier alpha value is -2.04. The normalized spacial score (nSPS) is 10.9. The molecule has 2 heterocycles. The summed E-state index contributed by atoms with van der Waals surface area (Å²) in [6, 6.07) is 5.60. The fourth-order valence-corrected chi connectivity index (χ4v) is 3.22. The highest BCUT2D eigenvalue weighted by Crippen LogP contribution is 2.45. The lowest BCUT2D eigenvalue weighted by Crippen LogP contribution is -1.95. The molecule has 4 nitrogen and oxygen atoms in total. The van der Waals surface area contributed by atoms with Gasteiger partial charge in [-0.15, -0.1) is 0 Å². The van der Waals surface area contributed by atoms with Gasteiger partial charge in [0, 0.05) is 40.5 Å². The van der Waals surface area contributed by atoms with Gasteiger partial charge in [-0.25, -0.2) is 0 Å². The quantitative estimate of drug-likeness (QED) is 0.640. The van der Waals surface area contributed by atoms with Gasteiger partial charge < -0.3 is 9.47 Å². The first kappa shape index (κ1) is 16.8. The first-order valence-corrected chi connectivity index (χ1v) is 8.19. The molecule has 0 radical (unpaired) electrons. The van der Waals surface area contributed by atoms with Crippen LogP contribution in [-0.2, 0) is 6.42 Å². The van der Waals surface area contributed by atoms with Gasteiger partial charge in [-0.3, -0.25) is 9.97 Å². The molecule has 0 amide bonds. The second kappa shape index (κ2) is 6.83. The van der Waals surface area contributed by atoms with Crippen molar-refractivity contribution in [2.24, 2.45) is 0 Å². The molecule has 24 heavy (non-hydrogen) atoms. The lowest BCUT2D eigenvalue weighted by molar-refractivity contribution is 0.395. The van der Waals surface area contributed by atoms with Crippen LogP contribution in [-0.4, -0.2) is 24.2 Å². The van der Waals surface area contributed by atoms with Crippen LogP contribution in [0.1, 0.15) is 12.6 Å². The van der Waals surface area contributed by atoms with Gasteiger partial charge in [0.2, 0.25) is 0 Å². The van der Waals surface area contributed by atoms with Crippen molar-refractivity contribution < 1.29 is 9.47 Å². The highest BCUT2D eigenvalue weighted by Gasteiger charge is 2.19. The zero-order valence-electron chi connectivity index (χ0n) is 13.6. The molecule has 0 unspecified atom stereocenters. The molecule has 124 valence electrons. The number of methoxy groups -OCH3 is 2. The van der Waals surface area contributed by atoms with Crippen LogP contribution in [0.4, 0.5) is 0 Å². The van der Waals surface area contributed by atoms with Gasteiger partial charge >= 0.3 is 0 Å². The van der Waals surface area contributed by atoms with E-state index in [0.717, 1.165) is 22.9 Å². The Morgan fingerprint density at radius 3 is 2.04 bits per heavy atom. The SMILES string of the molecule is CCc1cc2cnc(-c3c(Cl)c(OC)cc(OC)c3Cl)cc2cn1. The van der Waals surface area contributed by atoms with Gasteiger partial charge in [0.1, 0.15) is 11.5 Å². The van der Waals surface area contributed by atoms with Crippen LogP contribution in [0.2, 0.25) is 10.0 Å². The minimum atomic E-state index is 0.397. The lowest BCUT2D eigenvalue weighted by Gasteiger charge is -2.14.